The van der Waals surface area contributed by atoms with Gasteiger partial charge in [0.2, 0.25) is 0 Å². The summed E-state index contributed by atoms with van der Waals surface area (Å²) in [6, 6.07) is 11.2. The zero-order valence-corrected chi connectivity index (χ0v) is 14.1. The van der Waals surface area contributed by atoms with E-state index in [1.54, 1.807) is 10.9 Å². The van der Waals surface area contributed by atoms with Crippen molar-refractivity contribution in [3.63, 3.8) is 0 Å². The Labute approximate surface area is 142 Å². The van der Waals surface area contributed by atoms with Crippen molar-refractivity contribution in [2.45, 2.75) is 37.3 Å². The van der Waals surface area contributed by atoms with Gasteiger partial charge in [-0.3, -0.25) is 9.48 Å². The van der Waals surface area contributed by atoms with Crippen LogP contribution in [0.3, 0.4) is 0 Å². The summed E-state index contributed by atoms with van der Waals surface area (Å²) in [4.78, 5) is 15.1. The molecule has 1 aromatic heterocycles. The molecule has 126 valence electrons. The molecule has 2 saturated heterocycles. The Kier molecular flexibility index (Phi) is 4.10. The average molecular weight is 324 g/mol. The van der Waals surface area contributed by atoms with Crippen LogP contribution in [0.2, 0.25) is 0 Å². The fraction of sp³-hybridized carbons (Fsp3) is 0.474. The molecule has 24 heavy (non-hydrogen) atoms. The molecule has 0 saturated carbocycles. The summed E-state index contributed by atoms with van der Waals surface area (Å²) in [6.07, 6.45) is 6.93. The van der Waals surface area contributed by atoms with Crippen LogP contribution >= 0.6 is 0 Å². The number of benzene rings is 1. The summed E-state index contributed by atoms with van der Waals surface area (Å²) >= 11 is 0. The smallest absolute Gasteiger partial charge is 0.257 e. The first-order chi connectivity index (χ1) is 11.7. The number of carbonyl (C=O) groups excluding carboxylic acids is 1. The van der Waals surface area contributed by atoms with Gasteiger partial charge in [0.25, 0.3) is 5.91 Å². The number of fused-ring (bicyclic) bond motifs is 1. The first kappa shape index (κ1) is 15.4. The van der Waals surface area contributed by atoms with E-state index >= 15 is 0 Å². The highest BCUT2D eigenvalue weighted by molar-refractivity contribution is 5.94. The lowest BCUT2D eigenvalue weighted by molar-refractivity contribution is 0.0721. The number of hydrogen-bond acceptors (Lipinski definition) is 3. The molecule has 2 aromatic rings. The van der Waals surface area contributed by atoms with E-state index in [1.165, 1.54) is 18.4 Å². The Hall–Kier alpha value is -2.14. The lowest BCUT2D eigenvalue weighted by Gasteiger charge is -2.27. The van der Waals surface area contributed by atoms with Gasteiger partial charge in [-0.15, -0.1) is 0 Å². The van der Waals surface area contributed by atoms with Crippen molar-refractivity contribution >= 4 is 5.91 Å². The number of nitrogens with zero attached hydrogens (tertiary/aromatic N) is 3. The number of aryl methyl sites for hydroxylation is 1. The third kappa shape index (κ3) is 2.73. The van der Waals surface area contributed by atoms with Gasteiger partial charge in [0.05, 0.1) is 11.8 Å². The highest BCUT2D eigenvalue weighted by atomic mass is 16.2. The zero-order chi connectivity index (χ0) is 16.5. The maximum atomic E-state index is 13.0. The van der Waals surface area contributed by atoms with E-state index in [0.29, 0.717) is 17.5 Å². The van der Waals surface area contributed by atoms with Crippen LogP contribution in [0.25, 0.3) is 0 Å². The Morgan fingerprint density at radius 1 is 1.25 bits per heavy atom. The van der Waals surface area contributed by atoms with E-state index in [9.17, 15) is 4.79 Å². The van der Waals surface area contributed by atoms with Crippen LogP contribution < -0.4 is 5.32 Å². The number of rotatable bonds is 2. The van der Waals surface area contributed by atoms with Gasteiger partial charge in [-0.05, 0) is 24.9 Å². The molecule has 0 radical (unpaired) electrons. The Morgan fingerprint density at radius 2 is 2.08 bits per heavy atom. The highest BCUT2D eigenvalue weighted by Crippen LogP contribution is 2.36. The summed E-state index contributed by atoms with van der Waals surface area (Å²) in [7, 11) is 1.85. The average Bonchev–Trinajstić information content (AvgIpc) is 3.11. The van der Waals surface area contributed by atoms with Crippen LogP contribution in [-0.2, 0) is 7.05 Å². The second kappa shape index (κ2) is 6.40. The molecular formula is C19H24N4O. The van der Waals surface area contributed by atoms with Crippen molar-refractivity contribution in [3.05, 3.63) is 53.9 Å². The topological polar surface area (TPSA) is 50.2 Å². The quantitative estimate of drug-likeness (QED) is 0.921. The summed E-state index contributed by atoms with van der Waals surface area (Å²) in [5, 5.41) is 7.88. The minimum Gasteiger partial charge on any atom is -0.333 e. The van der Waals surface area contributed by atoms with Crippen LogP contribution in [0.4, 0.5) is 0 Å². The second-order valence-electron chi connectivity index (χ2n) is 6.92. The van der Waals surface area contributed by atoms with Crippen molar-refractivity contribution < 1.29 is 4.79 Å². The minimum atomic E-state index is 0.111. The molecule has 0 aliphatic carbocycles. The molecule has 0 unspecified atom stereocenters. The van der Waals surface area contributed by atoms with E-state index in [-0.39, 0.29) is 11.9 Å². The van der Waals surface area contributed by atoms with Crippen LogP contribution in [0, 0.1) is 0 Å². The van der Waals surface area contributed by atoms with Gasteiger partial charge in [-0.25, -0.2) is 0 Å². The minimum absolute atomic E-state index is 0.111. The molecular weight excluding hydrogens is 300 g/mol. The predicted molar refractivity (Wildman–Crippen MR) is 92.9 cm³/mol. The molecule has 5 heteroatoms. The number of likely N-dealkylation sites (tertiary alicyclic amines) is 1. The third-order valence-electron chi connectivity index (χ3n) is 5.39. The van der Waals surface area contributed by atoms with Crippen LogP contribution in [0.15, 0.2) is 42.7 Å². The standard InChI is InChI=1S/C19H24N4O/c1-22-12-15(11-21-22)19(24)23-13-16(14-7-3-2-4-8-14)18-17(23)9-5-6-10-20-18/h2-4,7-8,11-12,16-18,20H,5-6,9-10,13H2,1H3/t16-,17-,18-/m0/s1. The van der Waals surface area contributed by atoms with Gasteiger partial charge in [0.15, 0.2) is 0 Å². The molecule has 2 aliphatic heterocycles. The van der Waals surface area contributed by atoms with E-state index in [2.05, 4.69) is 45.6 Å². The van der Waals surface area contributed by atoms with Gasteiger partial charge in [-0.2, -0.15) is 5.10 Å². The SMILES string of the molecule is Cn1cc(C(=O)N2C[C@@H](c3ccccc3)[C@@H]3NCCCC[C@@H]32)cn1. The number of aromatic nitrogens is 2. The first-order valence-corrected chi connectivity index (χ1v) is 8.82. The molecule has 5 nitrogen and oxygen atoms in total. The van der Waals surface area contributed by atoms with Crippen molar-refractivity contribution in [1.29, 1.82) is 0 Å². The van der Waals surface area contributed by atoms with Crippen molar-refractivity contribution in [2.75, 3.05) is 13.1 Å². The fourth-order valence-electron chi connectivity index (χ4n) is 4.23. The number of carbonyl (C=O) groups is 1. The maximum absolute atomic E-state index is 13.0. The lowest BCUT2D eigenvalue weighted by Crippen LogP contribution is -2.44. The summed E-state index contributed by atoms with van der Waals surface area (Å²) in [5.41, 5.74) is 2.01. The van der Waals surface area contributed by atoms with E-state index in [1.807, 2.05) is 13.2 Å². The first-order valence-electron chi connectivity index (χ1n) is 8.82. The van der Waals surface area contributed by atoms with Crippen molar-refractivity contribution in [1.82, 2.24) is 20.0 Å². The third-order valence-corrected chi connectivity index (χ3v) is 5.39. The number of nitrogens with one attached hydrogen (secondary N) is 1. The van der Waals surface area contributed by atoms with Gasteiger partial charge in [0.1, 0.15) is 0 Å². The molecule has 0 spiro atoms. The molecule has 2 aliphatic rings. The van der Waals surface area contributed by atoms with Crippen LogP contribution in [-0.4, -0.2) is 45.8 Å². The molecule has 1 amide bonds. The van der Waals surface area contributed by atoms with Gasteiger partial charge < -0.3 is 10.2 Å². The van der Waals surface area contributed by atoms with Gasteiger partial charge >= 0.3 is 0 Å². The van der Waals surface area contributed by atoms with Crippen LogP contribution in [0.1, 0.15) is 41.1 Å². The predicted octanol–water partition coefficient (Wildman–Crippen LogP) is 2.17. The molecule has 0 bridgehead atoms. The zero-order valence-electron chi connectivity index (χ0n) is 14.1. The van der Waals surface area contributed by atoms with E-state index in [4.69, 9.17) is 0 Å². The number of hydrogen-bond donors (Lipinski definition) is 1. The molecule has 1 aromatic carbocycles. The normalized spacial score (nSPS) is 26.9. The summed E-state index contributed by atoms with van der Waals surface area (Å²) in [5.74, 6) is 0.468. The summed E-state index contributed by atoms with van der Waals surface area (Å²) in [6.45, 7) is 1.82. The number of amides is 1. The fourth-order valence-corrected chi connectivity index (χ4v) is 4.23. The summed E-state index contributed by atoms with van der Waals surface area (Å²) < 4.78 is 1.70. The molecule has 4 rings (SSSR count). The van der Waals surface area contributed by atoms with Crippen LogP contribution in [0.5, 0.6) is 0 Å². The van der Waals surface area contributed by atoms with Crippen molar-refractivity contribution in [3.8, 4) is 0 Å². The van der Waals surface area contributed by atoms with E-state index < -0.39 is 0 Å². The molecule has 3 atom stereocenters. The second-order valence-corrected chi connectivity index (χ2v) is 6.92. The van der Waals surface area contributed by atoms with Gasteiger partial charge in [-0.1, -0.05) is 36.8 Å². The Balaban J connectivity index is 1.65. The molecule has 1 N–H and O–H groups in total. The highest BCUT2D eigenvalue weighted by Gasteiger charge is 2.44. The monoisotopic (exact) mass is 324 g/mol. The molecule has 3 heterocycles. The Morgan fingerprint density at radius 3 is 2.83 bits per heavy atom. The lowest BCUT2D eigenvalue weighted by atomic mass is 9.90. The largest absolute Gasteiger partial charge is 0.333 e. The Bertz CT molecular complexity index is 711. The van der Waals surface area contributed by atoms with E-state index in [0.717, 1.165) is 19.5 Å². The van der Waals surface area contributed by atoms with Crippen molar-refractivity contribution in [2.24, 2.45) is 7.05 Å². The maximum Gasteiger partial charge on any atom is 0.257 e. The van der Waals surface area contributed by atoms with Gasteiger partial charge in [0, 0.05) is 37.8 Å². The molecule has 2 fully saturated rings.